The van der Waals surface area contributed by atoms with Crippen LogP contribution in [0.3, 0.4) is 0 Å². The molecule has 108 valence electrons. The Kier molecular flexibility index (Phi) is 3.79. The number of nitrogens with zero attached hydrogens (tertiary/aromatic N) is 1. The molecule has 8 nitrogen and oxygen atoms in total. The average Bonchev–Trinajstić information content (AvgIpc) is 2.93. The van der Waals surface area contributed by atoms with E-state index in [-0.39, 0.29) is 15.6 Å². The third-order valence-corrected chi connectivity index (χ3v) is 5.22. The summed E-state index contributed by atoms with van der Waals surface area (Å²) >= 11 is 0. The number of anilines is 1. The van der Waals surface area contributed by atoms with Crippen molar-refractivity contribution in [2.75, 3.05) is 11.8 Å². The van der Waals surface area contributed by atoms with Gasteiger partial charge in [-0.25, -0.2) is 13.1 Å². The van der Waals surface area contributed by atoms with Crippen molar-refractivity contribution < 1.29 is 16.8 Å². The van der Waals surface area contributed by atoms with E-state index >= 15 is 0 Å². The third-order valence-electron chi connectivity index (χ3n) is 2.45. The minimum atomic E-state index is -3.92. The Morgan fingerprint density at radius 1 is 1.05 bits per heavy atom. The third kappa shape index (κ3) is 2.81. The number of hydrogen-bond acceptors (Lipinski definition) is 5. The number of H-pyrrole nitrogens is 1. The highest BCUT2D eigenvalue weighted by molar-refractivity contribution is 7.93. The fourth-order valence-electron chi connectivity index (χ4n) is 1.49. The molecule has 0 fully saturated rings. The van der Waals surface area contributed by atoms with E-state index in [4.69, 9.17) is 0 Å². The molecule has 0 unspecified atom stereocenters. The number of aromatic amines is 1. The fourth-order valence-corrected chi connectivity index (χ4v) is 3.43. The zero-order valence-electron chi connectivity index (χ0n) is 10.4. The van der Waals surface area contributed by atoms with Gasteiger partial charge in [0, 0.05) is 0 Å². The van der Waals surface area contributed by atoms with Crippen molar-refractivity contribution >= 4 is 25.7 Å². The molecule has 0 saturated heterocycles. The standard InChI is InChI=1S/C10H12N4O4S2/c1-11-19(15,16)9-5-3-2-4-8(9)14-20(17,18)10-6-7-12-13-10/h2-7,11,14H,1H3,(H,12,13). The molecule has 0 aliphatic rings. The summed E-state index contributed by atoms with van der Waals surface area (Å²) in [6.07, 6.45) is 1.28. The van der Waals surface area contributed by atoms with Crippen LogP contribution in [0.4, 0.5) is 5.69 Å². The minimum Gasteiger partial charge on any atom is -0.277 e. The summed E-state index contributed by atoms with van der Waals surface area (Å²) in [7, 11) is -6.45. The Labute approximate surface area is 116 Å². The topological polar surface area (TPSA) is 121 Å². The molecule has 2 rings (SSSR count). The number of rotatable bonds is 5. The first kappa shape index (κ1) is 14.5. The number of benzene rings is 1. The SMILES string of the molecule is CNS(=O)(=O)c1ccccc1NS(=O)(=O)c1ccn[nH]1. The molecule has 10 heteroatoms. The monoisotopic (exact) mass is 316 g/mol. The lowest BCUT2D eigenvalue weighted by Gasteiger charge is -2.11. The summed E-state index contributed by atoms with van der Waals surface area (Å²) in [6, 6.07) is 6.95. The zero-order chi connectivity index (χ0) is 14.8. The van der Waals surface area contributed by atoms with Gasteiger partial charge in [-0.05, 0) is 25.2 Å². The highest BCUT2D eigenvalue weighted by Crippen LogP contribution is 2.23. The van der Waals surface area contributed by atoms with Crippen molar-refractivity contribution in [1.82, 2.24) is 14.9 Å². The molecule has 1 heterocycles. The van der Waals surface area contributed by atoms with Gasteiger partial charge in [0.1, 0.15) is 4.90 Å². The van der Waals surface area contributed by atoms with Crippen molar-refractivity contribution in [1.29, 1.82) is 0 Å². The van der Waals surface area contributed by atoms with Gasteiger partial charge in [0.25, 0.3) is 10.0 Å². The Morgan fingerprint density at radius 2 is 1.75 bits per heavy atom. The van der Waals surface area contributed by atoms with Crippen LogP contribution >= 0.6 is 0 Å². The first-order valence-corrected chi connectivity index (χ1v) is 8.38. The number of aromatic nitrogens is 2. The van der Waals surface area contributed by atoms with Gasteiger partial charge >= 0.3 is 0 Å². The molecule has 2 aromatic rings. The van der Waals surface area contributed by atoms with Gasteiger partial charge in [0.15, 0.2) is 5.03 Å². The van der Waals surface area contributed by atoms with Gasteiger partial charge in [-0.2, -0.15) is 13.5 Å². The minimum absolute atomic E-state index is 0.0450. The Morgan fingerprint density at radius 3 is 2.35 bits per heavy atom. The molecule has 20 heavy (non-hydrogen) atoms. The van der Waals surface area contributed by atoms with E-state index in [1.165, 1.54) is 43.6 Å². The first-order chi connectivity index (χ1) is 9.37. The van der Waals surface area contributed by atoms with E-state index in [1.807, 2.05) is 0 Å². The second-order valence-corrected chi connectivity index (χ2v) is 7.24. The molecule has 1 aromatic carbocycles. The van der Waals surface area contributed by atoms with E-state index in [1.54, 1.807) is 0 Å². The second-order valence-electron chi connectivity index (χ2n) is 3.73. The van der Waals surface area contributed by atoms with Crippen LogP contribution in [0.2, 0.25) is 0 Å². The van der Waals surface area contributed by atoms with Crippen molar-refractivity contribution in [3.63, 3.8) is 0 Å². The molecule has 1 aromatic heterocycles. The number of para-hydroxylation sites is 1. The van der Waals surface area contributed by atoms with Crippen molar-refractivity contribution in [2.24, 2.45) is 0 Å². The molecule has 0 saturated carbocycles. The molecule has 0 spiro atoms. The van der Waals surface area contributed by atoms with E-state index in [2.05, 4.69) is 19.6 Å². The Balaban J connectivity index is 2.46. The Hall–Kier alpha value is -1.91. The average molecular weight is 316 g/mol. The molecule has 0 atom stereocenters. The van der Waals surface area contributed by atoms with Crippen LogP contribution in [0.5, 0.6) is 0 Å². The zero-order valence-corrected chi connectivity index (χ0v) is 12.0. The maximum atomic E-state index is 12.0. The smallest absolute Gasteiger partial charge is 0.277 e. The molecule has 0 radical (unpaired) electrons. The first-order valence-electron chi connectivity index (χ1n) is 5.41. The van der Waals surface area contributed by atoms with Gasteiger partial charge < -0.3 is 0 Å². The fraction of sp³-hybridized carbons (Fsp3) is 0.100. The van der Waals surface area contributed by atoms with Crippen LogP contribution in [-0.2, 0) is 20.0 Å². The maximum absolute atomic E-state index is 12.0. The molecular formula is C10H12N4O4S2. The summed E-state index contributed by atoms with van der Waals surface area (Å²) in [4.78, 5) is -0.161. The van der Waals surface area contributed by atoms with Crippen LogP contribution in [0.1, 0.15) is 0 Å². The summed E-state index contributed by atoms with van der Waals surface area (Å²) in [5.74, 6) is 0. The van der Waals surface area contributed by atoms with Crippen molar-refractivity contribution in [3.05, 3.63) is 36.5 Å². The lowest BCUT2D eigenvalue weighted by molar-refractivity contribution is 0.588. The van der Waals surface area contributed by atoms with E-state index in [9.17, 15) is 16.8 Å². The predicted octanol–water partition coefficient (Wildman–Crippen LogP) is 0.119. The lowest BCUT2D eigenvalue weighted by Crippen LogP contribution is -2.22. The molecule has 0 aliphatic heterocycles. The number of sulfonamides is 2. The molecular weight excluding hydrogens is 304 g/mol. The van der Waals surface area contributed by atoms with Gasteiger partial charge in [-0.1, -0.05) is 12.1 Å². The predicted molar refractivity (Wildman–Crippen MR) is 72.1 cm³/mol. The molecule has 0 bridgehead atoms. The maximum Gasteiger partial charge on any atom is 0.278 e. The van der Waals surface area contributed by atoms with Gasteiger partial charge in [0.05, 0.1) is 11.9 Å². The summed E-state index contributed by atoms with van der Waals surface area (Å²) in [6.45, 7) is 0. The summed E-state index contributed by atoms with van der Waals surface area (Å²) in [5.41, 5.74) is -0.0450. The molecule has 0 aliphatic carbocycles. The van der Waals surface area contributed by atoms with Crippen LogP contribution in [-0.4, -0.2) is 34.1 Å². The molecule has 3 N–H and O–H groups in total. The lowest BCUT2D eigenvalue weighted by atomic mass is 10.3. The number of hydrogen-bond donors (Lipinski definition) is 3. The van der Waals surface area contributed by atoms with Crippen LogP contribution in [0, 0.1) is 0 Å². The summed E-state index contributed by atoms with van der Waals surface area (Å²) < 4.78 is 52.1. The van der Waals surface area contributed by atoms with Crippen molar-refractivity contribution in [3.8, 4) is 0 Å². The Bertz CT molecular complexity index is 798. The van der Waals surface area contributed by atoms with Gasteiger partial charge in [-0.3, -0.25) is 9.82 Å². The van der Waals surface area contributed by atoms with Crippen LogP contribution in [0.15, 0.2) is 46.5 Å². The highest BCUT2D eigenvalue weighted by atomic mass is 32.2. The van der Waals surface area contributed by atoms with Crippen LogP contribution < -0.4 is 9.44 Å². The van der Waals surface area contributed by atoms with Crippen LogP contribution in [0.25, 0.3) is 0 Å². The molecule has 0 amide bonds. The number of nitrogens with one attached hydrogen (secondary N) is 3. The summed E-state index contributed by atoms with van der Waals surface area (Å²) in [5, 5.41) is 5.69. The van der Waals surface area contributed by atoms with E-state index in [0.29, 0.717) is 0 Å². The highest BCUT2D eigenvalue weighted by Gasteiger charge is 2.21. The second kappa shape index (κ2) is 5.23. The van der Waals surface area contributed by atoms with E-state index in [0.717, 1.165) is 0 Å². The van der Waals surface area contributed by atoms with Gasteiger partial charge in [0.2, 0.25) is 10.0 Å². The van der Waals surface area contributed by atoms with Crippen molar-refractivity contribution in [2.45, 2.75) is 9.92 Å². The van der Waals surface area contributed by atoms with E-state index < -0.39 is 20.0 Å². The van der Waals surface area contributed by atoms with Gasteiger partial charge in [-0.15, -0.1) is 0 Å². The largest absolute Gasteiger partial charge is 0.278 e. The quantitative estimate of drug-likeness (QED) is 0.723. The normalized spacial score (nSPS) is 12.2.